The Bertz CT molecular complexity index is 158. The quantitative estimate of drug-likeness (QED) is 0.555. The van der Waals surface area contributed by atoms with Gasteiger partial charge >= 0.3 is 0 Å². The van der Waals surface area contributed by atoms with E-state index in [4.69, 9.17) is 0 Å². The SMILES string of the molecule is O=C1CC[C@H]2SCCS[C@H]12. The third-order valence-electron chi connectivity index (χ3n) is 2.04. The lowest BCUT2D eigenvalue weighted by Crippen LogP contribution is -2.24. The van der Waals surface area contributed by atoms with E-state index in [-0.39, 0.29) is 0 Å². The molecule has 10 heavy (non-hydrogen) atoms. The van der Waals surface area contributed by atoms with Crippen LogP contribution in [0.5, 0.6) is 0 Å². The van der Waals surface area contributed by atoms with E-state index in [2.05, 4.69) is 0 Å². The predicted octanol–water partition coefficient (Wildman–Crippen LogP) is 1.57. The van der Waals surface area contributed by atoms with Crippen LogP contribution in [0.1, 0.15) is 12.8 Å². The summed E-state index contributed by atoms with van der Waals surface area (Å²) < 4.78 is 0. The summed E-state index contributed by atoms with van der Waals surface area (Å²) in [4.78, 5) is 11.2. The van der Waals surface area contributed by atoms with Gasteiger partial charge in [0.25, 0.3) is 0 Å². The standard InChI is InChI=1S/C7H10OS2/c8-5-1-2-6-7(5)10-4-3-9-6/h6-7H,1-4H2/t6-,7-/m1/s1. The van der Waals surface area contributed by atoms with Crippen LogP contribution in [0.15, 0.2) is 0 Å². The smallest absolute Gasteiger partial charge is 0.146 e. The highest BCUT2D eigenvalue weighted by Crippen LogP contribution is 2.39. The summed E-state index contributed by atoms with van der Waals surface area (Å²) in [6.07, 6.45) is 1.98. The van der Waals surface area contributed by atoms with Crippen molar-refractivity contribution >= 4 is 29.3 Å². The van der Waals surface area contributed by atoms with Gasteiger partial charge in [0, 0.05) is 23.2 Å². The van der Waals surface area contributed by atoms with Crippen LogP contribution in [0.3, 0.4) is 0 Å². The topological polar surface area (TPSA) is 17.1 Å². The van der Waals surface area contributed by atoms with Gasteiger partial charge in [0.1, 0.15) is 5.78 Å². The van der Waals surface area contributed by atoms with Gasteiger partial charge in [-0.2, -0.15) is 11.8 Å². The molecule has 1 aliphatic carbocycles. The molecule has 1 aliphatic heterocycles. The zero-order valence-corrected chi connectivity index (χ0v) is 7.34. The summed E-state index contributed by atoms with van der Waals surface area (Å²) in [6, 6.07) is 0. The number of ketones is 1. The second-order valence-corrected chi connectivity index (χ2v) is 5.30. The van der Waals surface area contributed by atoms with E-state index in [1.807, 2.05) is 23.5 Å². The largest absolute Gasteiger partial charge is 0.298 e. The van der Waals surface area contributed by atoms with Crippen molar-refractivity contribution in [3.05, 3.63) is 0 Å². The van der Waals surface area contributed by atoms with Crippen LogP contribution in [0.25, 0.3) is 0 Å². The second-order valence-electron chi connectivity index (χ2n) is 2.71. The van der Waals surface area contributed by atoms with Crippen LogP contribution in [-0.2, 0) is 4.79 Å². The first kappa shape index (κ1) is 7.04. The lowest BCUT2D eigenvalue weighted by Gasteiger charge is -2.22. The molecule has 3 heteroatoms. The summed E-state index contributed by atoms with van der Waals surface area (Å²) in [6.45, 7) is 0. The van der Waals surface area contributed by atoms with Gasteiger partial charge in [-0.3, -0.25) is 4.79 Å². The lowest BCUT2D eigenvalue weighted by molar-refractivity contribution is -0.116. The molecule has 0 unspecified atom stereocenters. The fraction of sp³-hybridized carbons (Fsp3) is 0.857. The molecule has 2 fully saturated rings. The van der Waals surface area contributed by atoms with E-state index in [9.17, 15) is 4.79 Å². The molecule has 1 nitrogen and oxygen atoms in total. The number of carbonyl (C=O) groups excluding carboxylic acids is 1. The summed E-state index contributed by atoms with van der Waals surface area (Å²) in [5.74, 6) is 2.93. The van der Waals surface area contributed by atoms with Gasteiger partial charge in [0.05, 0.1) is 5.25 Å². The van der Waals surface area contributed by atoms with Crippen LogP contribution < -0.4 is 0 Å². The second kappa shape index (κ2) is 2.78. The molecule has 1 saturated heterocycles. The first-order chi connectivity index (χ1) is 4.88. The number of hydrogen-bond acceptors (Lipinski definition) is 3. The minimum absolute atomic E-state index is 0.374. The molecule has 0 amide bonds. The summed E-state index contributed by atoms with van der Waals surface area (Å²) in [5.41, 5.74) is 0. The zero-order valence-electron chi connectivity index (χ0n) is 5.71. The van der Waals surface area contributed by atoms with Crippen molar-refractivity contribution < 1.29 is 4.79 Å². The molecular formula is C7H10OS2. The molecule has 0 aromatic heterocycles. The molecule has 0 spiro atoms. The summed E-state index contributed by atoms with van der Waals surface area (Å²) in [5, 5.41) is 1.05. The number of rotatable bonds is 0. The van der Waals surface area contributed by atoms with Crippen molar-refractivity contribution in [1.82, 2.24) is 0 Å². The van der Waals surface area contributed by atoms with Crippen molar-refractivity contribution in [1.29, 1.82) is 0 Å². The van der Waals surface area contributed by atoms with Crippen molar-refractivity contribution in [2.24, 2.45) is 0 Å². The highest BCUT2D eigenvalue weighted by atomic mass is 32.2. The fourth-order valence-electron chi connectivity index (χ4n) is 1.53. The maximum absolute atomic E-state index is 11.2. The van der Waals surface area contributed by atoms with Crippen LogP contribution in [0.4, 0.5) is 0 Å². The normalized spacial score (nSPS) is 39.8. The molecular weight excluding hydrogens is 164 g/mol. The van der Waals surface area contributed by atoms with E-state index < -0.39 is 0 Å². The Morgan fingerprint density at radius 2 is 2.10 bits per heavy atom. The molecule has 1 heterocycles. The zero-order chi connectivity index (χ0) is 6.97. The Labute approximate surface area is 69.3 Å². The minimum Gasteiger partial charge on any atom is -0.298 e. The third kappa shape index (κ3) is 1.10. The molecule has 2 aliphatic rings. The number of fused-ring (bicyclic) bond motifs is 1. The number of thioether (sulfide) groups is 2. The Morgan fingerprint density at radius 3 is 2.90 bits per heavy atom. The molecule has 0 aromatic rings. The van der Waals surface area contributed by atoms with Crippen LogP contribution >= 0.6 is 23.5 Å². The predicted molar refractivity (Wildman–Crippen MR) is 46.7 cm³/mol. The van der Waals surface area contributed by atoms with Crippen molar-refractivity contribution in [3.63, 3.8) is 0 Å². The minimum atomic E-state index is 0.374. The van der Waals surface area contributed by atoms with E-state index in [1.165, 1.54) is 11.5 Å². The van der Waals surface area contributed by atoms with Gasteiger partial charge in [-0.1, -0.05) is 0 Å². The van der Waals surface area contributed by atoms with Crippen molar-refractivity contribution in [2.75, 3.05) is 11.5 Å². The van der Waals surface area contributed by atoms with E-state index in [1.54, 1.807) is 0 Å². The van der Waals surface area contributed by atoms with Gasteiger partial charge < -0.3 is 0 Å². The average Bonchev–Trinajstić information content (AvgIpc) is 2.34. The Kier molecular flexibility index (Phi) is 1.96. The van der Waals surface area contributed by atoms with Crippen molar-refractivity contribution in [3.8, 4) is 0 Å². The van der Waals surface area contributed by atoms with Gasteiger partial charge in [0.15, 0.2) is 0 Å². The first-order valence-electron chi connectivity index (χ1n) is 3.64. The average molecular weight is 174 g/mol. The highest BCUT2D eigenvalue weighted by Gasteiger charge is 2.37. The van der Waals surface area contributed by atoms with E-state index in [0.29, 0.717) is 16.3 Å². The first-order valence-corrected chi connectivity index (χ1v) is 5.73. The molecule has 2 rings (SSSR count). The fourth-order valence-corrected chi connectivity index (χ4v) is 4.59. The monoisotopic (exact) mass is 174 g/mol. The van der Waals surface area contributed by atoms with Gasteiger partial charge in [-0.25, -0.2) is 0 Å². The maximum Gasteiger partial charge on any atom is 0.146 e. The van der Waals surface area contributed by atoms with Gasteiger partial charge in [-0.15, -0.1) is 11.8 Å². The molecule has 1 saturated carbocycles. The number of Topliss-reactive ketones (excluding diaryl/α,β-unsaturated/α-hetero) is 1. The summed E-state index contributed by atoms with van der Waals surface area (Å²) >= 11 is 3.87. The number of carbonyl (C=O) groups is 1. The highest BCUT2D eigenvalue weighted by molar-refractivity contribution is 8.07. The van der Waals surface area contributed by atoms with Crippen LogP contribution in [-0.4, -0.2) is 27.8 Å². The molecule has 0 bridgehead atoms. The molecule has 0 radical (unpaired) electrons. The Balaban J connectivity index is 2.08. The molecule has 56 valence electrons. The van der Waals surface area contributed by atoms with E-state index >= 15 is 0 Å². The lowest BCUT2D eigenvalue weighted by atomic mass is 10.3. The molecule has 2 atom stereocenters. The van der Waals surface area contributed by atoms with E-state index in [0.717, 1.165) is 12.8 Å². The van der Waals surface area contributed by atoms with Gasteiger partial charge in [-0.05, 0) is 6.42 Å². The Hall–Kier alpha value is 0.370. The molecule has 0 N–H and O–H groups in total. The third-order valence-corrected chi connectivity index (χ3v) is 5.24. The summed E-state index contributed by atoms with van der Waals surface area (Å²) in [7, 11) is 0. The Morgan fingerprint density at radius 1 is 1.30 bits per heavy atom. The van der Waals surface area contributed by atoms with Gasteiger partial charge in [0.2, 0.25) is 0 Å². The molecule has 0 aromatic carbocycles. The maximum atomic E-state index is 11.2. The van der Waals surface area contributed by atoms with Crippen LogP contribution in [0.2, 0.25) is 0 Å². The van der Waals surface area contributed by atoms with Crippen LogP contribution in [0, 0.1) is 0 Å². The number of hydrogen-bond donors (Lipinski definition) is 0. The van der Waals surface area contributed by atoms with Crippen molar-refractivity contribution in [2.45, 2.75) is 23.3 Å².